The number of hydrogen-bond acceptors (Lipinski definition) is 0. The third-order valence-corrected chi connectivity index (χ3v) is 8.18. The zero-order valence-electron chi connectivity index (χ0n) is 14.0. The van der Waals surface area contributed by atoms with Gasteiger partial charge in [-0.05, 0) is 85.9 Å². The lowest BCUT2D eigenvalue weighted by Gasteiger charge is -2.60. The fourth-order valence-electron chi connectivity index (χ4n) is 7.04. The van der Waals surface area contributed by atoms with Gasteiger partial charge in [0.15, 0.2) is 0 Å². The normalized spacial score (nSPS) is 61.8. The van der Waals surface area contributed by atoms with Crippen LogP contribution in [0.1, 0.15) is 85.8 Å². The summed E-state index contributed by atoms with van der Waals surface area (Å²) in [4.78, 5) is 0. The topological polar surface area (TPSA) is 0 Å². The minimum Gasteiger partial charge on any atom is -0.0594 e. The molecule has 0 heteroatoms. The van der Waals surface area contributed by atoms with Gasteiger partial charge in [-0.1, -0.05) is 33.1 Å². The van der Waals surface area contributed by atoms with E-state index in [9.17, 15) is 0 Å². The van der Waals surface area contributed by atoms with E-state index in [2.05, 4.69) is 13.8 Å². The Balaban J connectivity index is 1.62. The summed E-state index contributed by atoms with van der Waals surface area (Å²) in [5.74, 6) is 3.98. The monoisotopic (exact) mass is 261 g/mol. The minimum atomic E-state index is 0.255. The van der Waals surface area contributed by atoms with Crippen molar-refractivity contribution in [2.75, 3.05) is 0 Å². The van der Waals surface area contributed by atoms with Gasteiger partial charge in [-0.25, -0.2) is 0 Å². The Morgan fingerprint density at radius 2 is 1.74 bits per heavy atom. The molecule has 0 spiro atoms. The Hall–Kier alpha value is 0. The first kappa shape index (κ1) is 11.6. The predicted octanol–water partition coefficient (Wildman–Crippen LogP) is 5.81. The van der Waals surface area contributed by atoms with Crippen LogP contribution in [0.15, 0.2) is 0 Å². The van der Waals surface area contributed by atoms with Crippen molar-refractivity contribution in [3.05, 3.63) is 0 Å². The average molecular weight is 261 g/mol. The zero-order chi connectivity index (χ0) is 14.0. The van der Waals surface area contributed by atoms with Gasteiger partial charge in [0, 0.05) is 1.37 Å². The molecule has 4 fully saturated rings. The van der Waals surface area contributed by atoms with E-state index in [0.29, 0.717) is 10.8 Å². The fourth-order valence-corrected chi connectivity index (χ4v) is 7.04. The highest BCUT2D eigenvalue weighted by Crippen LogP contribution is 2.66. The second-order valence-electron chi connectivity index (χ2n) is 8.80. The van der Waals surface area contributed by atoms with Crippen molar-refractivity contribution in [2.45, 2.75) is 84.5 Å². The number of fused-ring (bicyclic) bond motifs is 5. The summed E-state index contributed by atoms with van der Waals surface area (Å²) in [6, 6.07) is 0. The zero-order valence-corrected chi connectivity index (χ0v) is 13.0. The van der Waals surface area contributed by atoms with Crippen molar-refractivity contribution in [1.29, 1.82) is 0 Å². The van der Waals surface area contributed by atoms with E-state index in [1.54, 1.807) is 0 Å². The molecule has 108 valence electrons. The Morgan fingerprint density at radius 1 is 0.842 bits per heavy atom. The molecule has 0 aromatic carbocycles. The lowest BCUT2D eigenvalue weighted by molar-refractivity contribution is -0.103. The van der Waals surface area contributed by atoms with E-state index in [1.807, 2.05) is 0 Å². The van der Waals surface area contributed by atoms with Crippen molar-refractivity contribution < 1.29 is 1.37 Å². The highest BCUT2D eigenvalue weighted by atomic mass is 14.6. The molecule has 4 aliphatic rings. The van der Waals surface area contributed by atoms with Crippen molar-refractivity contribution in [2.24, 2.45) is 34.5 Å². The van der Waals surface area contributed by atoms with Crippen LogP contribution in [-0.4, -0.2) is 0 Å². The second-order valence-corrected chi connectivity index (χ2v) is 8.80. The van der Waals surface area contributed by atoms with Crippen LogP contribution >= 0.6 is 0 Å². The smallest absolute Gasteiger partial charge is 0.0267 e. The summed E-state index contributed by atoms with van der Waals surface area (Å²) < 4.78 is 8.16. The van der Waals surface area contributed by atoms with Gasteiger partial charge in [-0.3, -0.25) is 0 Å². The summed E-state index contributed by atoms with van der Waals surface area (Å²) in [6.07, 6.45) is 14.5. The molecule has 0 aromatic heterocycles. The van der Waals surface area contributed by atoms with Crippen molar-refractivity contribution in [3.8, 4) is 0 Å². The van der Waals surface area contributed by atoms with Gasteiger partial charge in [0.2, 0.25) is 0 Å². The molecule has 4 rings (SSSR count). The van der Waals surface area contributed by atoms with E-state index in [-0.39, 0.29) is 6.40 Å². The SMILES string of the molecule is [2H]C1CC[C@@]2(C)C(CC[C@H]3[C@@H]4CCC[C@@]4(C)CC[C@@H]32)C1. The maximum absolute atomic E-state index is 8.16. The highest BCUT2D eigenvalue weighted by molar-refractivity contribution is 5.06. The molecule has 0 N–H and O–H groups in total. The average Bonchev–Trinajstić information content (AvgIpc) is 2.81. The third kappa shape index (κ3) is 1.70. The van der Waals surface area contributed by atoms with Gasteiger partial charge in [0.25, 0.3) is 0 Å². The molecule has 7 atom stereocenters. The van der Waals surface area contributed by atoms with Gasteiger partial charge >= 0.3 is 0 Å². The van der Waals surface area contributed by atoms with Gasteiger partial charge < -0.3 is 0 Å². The van der Waals surface area contributed by atoms with Crippen LogP contribution in [0, 0.1) is 34.5 Å². The van der Waals surface area contributed by atoms with Crippen molar-refractivity contribution in [3.63, 3.8) is 0 Å². The van der Waals surface area contributed by atoms with Crippen LogP contribution in [0.2, 0.25) is 0 Å². The Morgan fingerprint density at radius 3 is 2.63 bits per heavy atom. The molecule has 0 radical (unpaired) electrons. The van der Waals surface area contributed by atoms with Crippen LogP contribution in [0.25, 0.3) is 0 Å². The van der Waals surface area contributed by atoms with Crippen molar-refractivity contribution >= 4 is 0 Å². The largest absolute Gasteiger partial charge is 0.0594 e. The molecule has 0 heterocycles. The van der Waals surface area contributed by atoms with Crippen LogP contribution in [0.4, 0.5) is 0 Å². The maximum Gasteiger partial charge on any atom is 0.0267 e. The fraction of sp³-hybridized carbons (Fsp3) is 1.00. The number of hydrogen-bond donors (Lipinski definition) is 0. The van der Waals surface area contributed by atoms with E-state index < -0.39 is 0 Å². The molecular weight excluding hydrogens is 228 g/mol. The van der Waals surface area contributed by atoms with E-state index in [0.717, 1.165) is 23.7 Å². The minimum absolute atomic E-state index is 0.255. The van der Waals surface area contributed by atoms with Gasteiger partial charge in [-0.2, -0.15) is 0 Å². The highest BCUT2D eigenvalue weighted by Gasteiger charge is 2.56. The van der Waals surface area contributed by atoms with Crippen LogP contribution in [-0.2, 0) is 0 Å². The first-order valence-electron chi connectivity index (χ1n) is 9.53. The quantitative estimate of drug-likeness (QED) is 0.516. The molecule has 19 heavy (non-hydrogen) atoms. The summed E-state index contributed by atoms with van der Waals surface area (Å²) in [5.41, 5.74) is 1.31. The molecule has 0 bridgehead atoms. The van der Waals surface area contributed by atoms with Crippen LogP contribution in [0.3, 0.4) is 0 Å². The molecule has 0 saturated heterocycles. The molecule has 4 saturated carbocycles. The lowest BCUT2D eigenvalue weighted by Crippen LogP contribution is -2.51. The van der Waals surface area contributed by atoms with E-state index in [1.165, 1.54) is 64.2 Å². The van der Waals surface area contributed by atoms with Gasteiger partial charge in [0.05, 0.1) is 0 Å². The van der Waals surface area contributed by atoms with Gasteiger partial charge in [0.1, 0.15) is 0 Å². The number of rotatable bonds is 0. The van der Waals surface area contributed by atoms with Crippen LogP contribution < -0.4 is 0 Å². The third-order valence-electron chi connectivity index (χ3n) is 8.18. The molecule has 2 unspecified atom stereocenters. The van der Waals surface area contributed by atoms with Crippen LogP contribution in [0.5, 0.6) is 0 Å². The van der Waals surface area contributed by atoms with Crippen molar-refractivity contribution in [1.82, 2.24) is 0 Å². The summed E-state index contributed by atoms with van der Waals surface area (Å²) in [7, 11) is 0. The maximum atomic E-state index is 8.16. The summed E-state index contributed by atoms with van der Waals surface area (Å²) in [6.45, 7) is 5.23. The first-order chi connectivity index (χ1) is 9.53. The van der Waals surface area contributed by atoms with E-state index >= 15 is 0 Å². The second kappa shape index (κ2) is 4.25. The molecule has 4 aliphatic carbocycles. The molecule has 0 aromatic rings. The first-order valence-corrected chi connectivity index (χ1v) is 8.95. The lowest BCUT2D eigenvalue weighted by atomic mass is 9.45. The summed E-state index contributed by atoms with van der Waals surface area (Å²) >= 11 is 0. The summed E-state index contributed by atoms with van der Waals surface area (Å²) in [5, 5.41) is 0. The Labute approximate surface area is 121 Å². The molecular formula is C19H32. The Kier molecular flexibility index (Phi) is 2.60. The Bertz CT molecular complexity index is 391. The molecule has 0 nitrogen and oxygen atoms in total. The molecule has 0 aliphatic heterocycles. The van der Waals surface area contributed by atoms with E-state index in [4.69, 9.17) is 1.37 Å². The predicted molar refractivity (Wildman–Crippen MR) is 81.0 cm³/mol. The molecule has 0 amide bonds. The standard InChI is InChI=1S/C19H32/c1-18-11-5-7-16(18)15-9-8-14-6-3-4-12-19(14,2)17(15)10-13-18/h14-17H,3-13H2,1-2H3/t14?,15-,16-,17-,18-,19-/m0/s1/i3D/t3?,14?,15-,16-,17-,18-,19-. The van der Waals surface area contributed by atoms with Gasteiger partial charge in [-0.15, -0.1) is 0 Å².